The maximum atomic E-state index is 6.05. The quantitative estimate of drug-likeness (QED) is 0.649. The fourth-order valence-electron chi connectivity index (χ4n) is 1.84. The van der Waals surface area contributed by atoms with Gasteiger partial charge in [-0.3, -0.25) is 0 Å². The second-order valence-electron chi connectivity index (χ2n) is 4.02. The molecule has 3 heteroatoms. The molecule has 17 heavy (non-hydrogen) atoms. The molecule has 0 N–H and O–H groups in total. The molecule has 0 nitrogen and oxygen atoms in total. The molecule has 0 saturated heterocycles. The number of benzene rings is 1. The Morgan fingerprint density at radius 2 is 1.88 bits per heavy atom. The molecule has 0 spiro atoms. The van der Waals surface area contributed by atoms with Gasteiger partial charge in [-0.15, -0.1) is 22.9 Å². The predicted molar refractivity (Wildman–Crippen MR) is 77.6 cm³/mol. The summed E-state index contributed by atoms with van der Waals surface area (Å²) in [7, 11) is 0. The Hall–Kier alpha value is -0.500. The molecule has 0 aliphatic rings. The molecule has 1 aromatic heterocycles. The van der Waals surface area contributed by atoms with Gasteiger partial charge in [0.2, 0.25) is 0 Å². The lowest BCUT2D eigenvalue weighted by atomic mass is 9.96. The maximum absolute atomic E-state index is 6.05. The van der Waals surface area contributed by atoms with Crippen LogP contribution in [0.4, 0.5) is 0 Å². The van der Waals surface area contributed by atoms with Crippen molar-refractivity contribution < 1.29 is 0 Å². The zero-order chi connectivity index (χ0) is 12.1. The Labute approximate surface area is 116 Å². The van der Waals surface area contributed by atoms with Crippen molar-refractivity contribution in [1.82, 2.24) is 0 Å². The molecule has 2 rings (SSSR count). The number of hydrogen-bond acceptors (Lipinski definition) is 1. The lowest BCUT2D eigenvalue weighted by Gasteiger charge is -2.13. The van der Waals surface area contributed by atoms with Gasteiger partial charge in [0, 0.05) is 15.8 Å². The lowest BCUT2D eigenvalue weighted by Crippen LogP contribution is -2.01. The van der Waals surface area contributed by atoms with E-state index in [-0.39, 0.29) is 0 Å². The number of hydrogen-bond donors (Lipinski definition) is 0. The molecular formula is C14H14Cl2S. The van der Waals surface area contributed by atoms with Crippen LogP contribution in [0, 0.1) is 0 Å². The molecular weight excluding hydrogens is 271 g/mol. The van der Waals surface area contributed by atoms with Gasteiger partial charge >= 0.3 is 0 Å². The van der Waals surface area contributed by atoms with Crippen molar-refractivity contribution in [2.75, 3.05) is 5.88 Å². The van der Waals surface area contributed by atoms with E-state index in [1.165, 1.54) is 10.4 Å². The highest BCUT2D eigenvalue weighted by Gasteiger charge is 2.10. The van der Waals surface area contributed by atoms with Crippen LogP contribution in [0.1, 0.15) is 22.8 Å². The lowest BCUT2D eigenvalue weighted by molar-refractivity contribution is 0.690. The van der Waals surface area contributed by atoms with Gasteiger partial charge in [0.1, 0.15) is 0 Å². The number of aryl methyl sites for hydroxylation is 1. The molecule has 0 radical (unpaired) electrons. The van der Waals surface area contributed by atoms with Gasteiger partial charge in [0.15, 0.2) is 0 Å². The van der Waals surface area contributed by atoms with E-state index in [2.05, 4.69) is 29.6 Å². The Morgan fingerprint density at radius 1 is 1.12 bits per heavy atom. The highest BCUT2D eigenvalue weighted by Crippen LogP contribution is 2.25. The highest BCUT2D eigenvalue weighted by molar-refractivity contribution is 7.09. The van der Waals surface area contributed by atoms with E-state index in [0.29, 0.717) is 11.8 Å². The van der Waals surface area contributed by atoms with E-state index >= 15 is 0 Å². The van der Waals surface area contributed by atoms with Crippen molar-refractivity contribution in [3.63, 3.8) is 0 Å². The van der Waals surface area contributed by atoms with E-state index in [0.717, 1.165) is 17.9 Å². The summed E-state index contributed by atoms with van der Waals surface area (Å²) < 4.78 is 0. The fourth-order valence-corrected chi connectivity index (χ4v) is 3.02. The monoisotopic (exact) mass is 284 g/mol. The van der Waals surface area contributed by atoms with Crippen molar-refractivity contribution in [3.05, 3.63) is 57.2 Å². The average Bonchev–Trinajstić information content (AvgIpc) is 2.85. The van der Waals surface area contributed by atoms with E-state index in [9.17, 15) is 0 Å². The van der Waals surface area contributed by atoms with Gasteiger partial charge < -0.3 is 0 Å². The van der Waals surface area contributed by atoms with Gasteiger partial charge in [-0.05, 0) is 47.9 Å². The molecule has 1 atom stereocenters. The van der Waals surface area contributed by atoms with Gasteiger partial charge in [-0.2, -0.15) is 0 Å². The molecule has 0 amide bonds. The first-order valence-corrected chi connectivity index (χ1v) is 7.42. The minimum atomic E-state index is 0.413. The van der Waals surface area contributed by atoms with Crippen LogP contribution in [0.3, 0.4) is 0 Å². The Kier molecular flexibility index (Phi) is 4.90. The van der Waals surface area contributed by atoms with E-state index in [1.807, 2.05) is 23.5 Å². The molecule has 0 bridgehead atoms. The van der Waals surface area contributed by atoms with E-state index in [1.54, 1.807) is 0 Å². The molecule has 1 heterocycles. The van der Waals surface area contributed by atoms with Crippen LogP contribution in [0.5, 0.6) is 0 Å². The summed E-state index contributed by atoms with van der Waals surface area (Å²) in [6, 6.07) is 12.3. The average molecular weight is 285 g/mol. The topological polar surface area (TPSA) is 0 Å². The second kappa shape index (κ2) is 6.44. The van der Waals surface area contributed by atoms with E-state index < -0.39 is 0 Å². The van der Waals surface area contributed by atoms with Crippen LogP contribution in [-0.2, 0) is 6.42 Å². The summed E-state index contributed by atoms with van der Waals surface area (Å²) in [6.07, 6.45) is 2.18. The summed E-state index contributed by atoms with van der Waals surface area (Å²) in [4.78, 5) is 1.43. The minimum Gasteiger partial charge on any atom is -0.149 e. The molecule has 1 unspecified atom stereocenters. The zero-order valence-electron chi connectivity index (χ0n) is 9.40. The summed E-state index contributed by atoms with van der Waals surface area (Å²) in [5.74, 6) is 1.07. The maximum Gasteiger partial charge on any atom is 0.0406 e. The first-order chi connectivity index (χ1) is 8.29. The van der Waals surface area contributed by atoms with Crippen molar-refractivity contribution in [2.24, 2.45) is 0 Å². The van der Waals surface area contributed by atoms with Crippen molar-refractivity contribution in [3.8, 4) is 0 Å². The number of thiophene rings is 1. The summed E-state index contributed by atoms with van der Waals surface area (Å²) in [6.45, 7) is 0. The summed E-state index contributed by atoms with van der Waals surface area (Å²) >= 11 is 13.7. The normalized spacial score (nSPS) is 12.6. The van der Waals surface area contributed by atoms with Crippen molar-refractivity contribution >= 4 is 34.5 Å². The first kappa shape index (κ1) is 12.9. The van der Waals surface area contributed by atoms with Crippen LogP contribution in [0.2, 0.25) is 5.02 Å². The Bertz CT molecular complexity index is 434. The minimum absolute atomic E-state index is 0.413. The van der Waals surface area contributed by atoms with Gasteiger partial charge in [0.25, 0.3) is 0 Å². The largest absolute Gasteiger partial charge is 0.149 e. The van der Waals surface area contributed by atoms with Crippen LogP contribution in [0.15, 0.2) is 41.8 Å². The van der Waals surface area contributed by atoms with E-state index in [4.69, 9.17) is 23.2 Å². The second-order valence-corrected chi connectivity index (χ2v) is 5.80. The Balaban J connectivity index is 1.99. The molecule has 2 aromatic rings. The highest BCUT2D eigenvalue weighted by atomic mass is 35.5. The summed E-state index contributed by atoms with van der Waals surface area (Å²) in [5.41, 5.74) is 1.28. The van der Waals surface area contributed by atoms with Crippen LogP contribution in [-0.4, -0.2) is 5.88 Å². The van der Waals surface area contributed by atoms with Crippen molar-refractivity contribution in [1.29, 1.82) is 0 Å². The standard InChI is InChI=1S/C14H14Cl2S/c15-10-12(5-8-14-2-1-9-17-14)11-3-6-13(16)7-4-11/h1-4,6-7,9,12H,5,8,10H2. The van der Waals surface area contributed by atoms with Crippen molar-refractivity contribution in [2.45, 2.75) is 18.8 Å². The third-order valence-electron chi connectivity index (χ3n) is 2.85. The Morgan fingerprint density at radius 3 is 2.47 bits per heavy atom. The van der Waals surface area contributed by atoms with Gasteiger partial charge in [-0.1, -0.05) is 29.8 Å². The predicted octanol–water partition coefficient (Wildman–Crippen LogP) is 5.36. The van der Waals surface area contributed by atoms with Gasteiger partial charge in [0.05, 0.1) is 0 Å². The fraction of sp³-hybridized carbons (Fsp3) is 0.286. The summed E-state index contributed by atoms with van der Waals surface area (Å²) in [5, 5.41) is 2.90. The number of rotatable bonds is 5. The number of halogens is 2. The van der Waals surface area contributed by atoms with Crippen LogP contribution in [0.25, 0.3) is 0 Å². The number of alkyl halides is 1. The zero-order valence-corrected chi connectivity index (χ0v) is 11.7. The molecule has 0 saturated carbocycles. The first-order valence-electron chi connectivity index (χ1n) is 5.63. The third kappa shape index (κ3) is 3.74. The molecule has 1 aromatic carbocycles. The third-order valence-corrected chi connectivity index (χ3v) is 4.41. The van der Waals surface area contributed by atoms with Crippen LogP contribution >= 0.6 is 34.5 Å². The SMILES string of the molecule is ClCC(CCc1cccs1)c1ccc(Cl)cc1. The van der Waals surface area contributed by atoms with Gasteiger partial charge in [-0.25, -0.2) is 0 Å². The molecule has 90 valence electrons. The molecule has 0 fully saturated rings. The molecule has 0 aliphatic carbocycles. The van der Waals surface area contributed by atoms with Crippen LogP contribution < -0.4 is 0 Å². The molecule has 0 aliphatic heterocycles. The smallest absolute Gasteiger partial charge is 0.0406 e.